The summed E-state index contributed by atoms with van der Waals surface area (Å²) in [5, 5.41) is 7.29. The van der Waals surface area contributed by atoms with Gasteiger partial charge < -0.3 is 4.57 Å². The molecule has 2 aromatic carbocycles. The van der Waals surface area contributed by atoms with Crippen LogP contribution in [-0.4, -0.2) is 14.8 Å². The lowest BCUT2D eigenvalue weighted by Crippen LogP contribution is -2.09. The normalized spacial score (nSPS) is 10.9. The molecule has 0 aliphatic heterocycles. The summed E-state index contributed by atoms with van der Waals surface area (Å²) in [6, 6.07) is 20.7. The van der Waals surface area contributed by atoms with Gasteiger partial charge in [0.15, 0.2) is 4.77 Å². The predicted octanol–water partition coefficient (Wildman–Crippen LogP) is 3.66. The molecule has 3 nitrogen and oxygen atoms in total. The second-order valence-electron chi connectivity index (χ2n) is 4.70. The van der Waals surface area contributed by atoms with Crippen LogP contribution in [0.5, 0.6) is 0 Å². The summed E-state index contributed by atoms with van der Waals surface area (Å²) in [5.74, 6) is 1.00. The lowest BCUT2D eigenvalue weighted by Gasteiger charge is -2.17. The Morgan fingerprint density at radius 2 is 1.45 bits per heavy atom. The first kappa shape index (κ1) is 12.8. The summed E-state index contributed by atoms with van der Waals surface area (Å²) in [7, 11) is 1.94. The van der Waals surface area contributed by atoms with Gasteiger partial charge in [0.2, 0.25) is 0 Å². The maximum absolute atomic E-state index is 5.24. The average Bonchev–Trinajstić information content (AvgIpc) is 2.82. The fourth-order valence-corrected chi connectivity index (χ4v) is 2.54. The SMILES string of the molecule is Cn1c(C(c2ccccc2)c2ccccc2)n[nH]c1=S. The van der Waals surface area contributed by atoms with Crippen molar-refractivity contribution in [3.05, 3.63) is 82.4 Å². The summed E-state index contributed by atoms with van der Waals surface area (Å²) < 4.78 is 2.57. The number of nitrogens with zero attached hydrogens (tertiary/aromatic N) is 2. The summed E-state index contributed by atoms with van der Waals surface area (Å²) in [5.41, 5.74) is 2.41. The van der Waals surface area contributed by atoms with Crippen LogP contribution in [0.4, 0.5) is 0 Å². The van der Waals surface area contributed by atoms with E-state index in [1.807, 2.05) is 48.0 Å². The molecule has 0 spiro atoms. The third kappa shape index (κ3) is 2.30. The molecule has 1 heterocycles. The van der Waals surface area contributed by atoms with Gasteiger partial charge in [-0.1, -0.05) is 60.7 Å². The number of hydrogen-bond donors (Lipinski definition) is 1. The number of aromatic nitrogens is 3. The zero-order valence-electron chi connectivity index (χ0n) is 11.2. The first-order valence-corrected chi connectivity index (χ1v) is 6.89. The maximum Gasteiger partial charge on any atom is 0.194 e. The highest BCUT2D eigenvalue weighted by molar-refractivity contribution is 7.71. The van der Waals surface area contributed by atoms with Crippen molar-refractivity contribution in [3.63, 3.8) is 0 Å². The molecule has 0 atom stereocenters. The standard InChI is InChI=1S/C16H15N3S/c1-19-15(17-18-16(19)20)14(12-8-4-2-5-9-12)13-10-6-3-7-11-13/h2-11,14H,1H3,(H,18,20). The van der Waals surface area contributed by atoms with Crippen molar-refractivity contribution in [3.8, 4) is 0 Å². The van der Waals surface area contributed by atoms with E-state index in [1.54, 1.807) is 0 Å². The smallest absolute Gasteiger partial charge is 0.194 e. The van der Waals surface area contributed by atoms with Crippen molar-refractivity contribution >= 4 is 12.2 Å². The first-order valence-electron chi connectivity index (χ1n) is 6.48. The molecule has 0 aliphatic rings. The van der Waals surface area contributed by atoms with E-state index in [9.17, 15) is 0 Å². The Morgan fingerprint density at radius 1 is 0.950 bits per heavy atom. The van der Waals surface area contributed by atoms with Gasteiger partial charge in [-0.3, -0.25) is 5.10 Å². The van der Waals surface area contributed by atoms with Crippen molar-refractivity contribution in [2.75, 3.05) is 0 Å². The van der Waals surface area contributed by atoms with E-state index in [0.717, 1.165) is 5.82 Å². The van der Waals surface area contributed by atoms with Crippen LogP contribution < -0.4 is 0 Å². The molecule has 3 aromatic rings. The van der Waals surface area contributed by atoms with Gasteiger partial charge in [0.1, 0.15) is 5.82 Å². The van der Waals surface area contributed by atoms with Gasteiger partial charge in [0, 0.05) is 7.05 Å². The van der Waals surface area contributed by atoms with Crippen LogP contribution in [0.1, 0.15) is 22.9 Å². The minimum atomic E-state index is 0.0790. The van der Waals surface area contributed by atoms with Crippen LogP contribution in [0.3, 0.4) is 0 Å². The summed E-state index contributed by atoms with van der Waals surface area (Å²) >= 11 is 5.24. The molecule has 0 fully saturated rings. The second-order valence-corrected chi connectivity index (χ2v) is 5.09. The minimum Gasteiger partial charge on any atom is -0.306 e. The Balaban J connectivity index is 2.19. The van der Waals surface area contributed by atoms with Crippen LogP contribution in [0.15, 0.2) is 60.7 Å². The Kier molecular flexibility index (Phi) is 3.48. The van der Waals surface area contributed by atoms with Crippen LogP contribution in [0.25, 0.3) is 0 Å². The topological polar surface area (TPSA) is 33.6 Å². The molecule has 0 unspecified atom stereocenters. The largest absolute Gasteiger partial charge is 0.306 e. The lowest BCUT2D eigenvalue weighted by molar-refractivity contribution is 0.757. The molecule has 0 saturated carbocycles. The fraction of sp³-hybridized carbons (Fsp3) is 0.125. The lowest BCUT2D eigenvalue weighted by atomic mass is 9.90. The monoisotopic (exact) mass is 281 g/mol. The van der Waals surface area contributed by atoms with Crippen molar-refractivity contribution in [1.29, 1.82) is 0 Å². The highest BCUT2D eigenvalue weighted by atomic mass is 32.1. The van der Waals surface area contributed by atoms with Gasteiger partial charge in [-0.15, -0.1) is 0 Å². The van der Waals surface area contributed by atoms with Crippen molar-refractivity contribution in [2.24, 2.45) is 7.05 Å². The molecule has 0 saturated heterocycles. The fourth-order valence-electron chi connectivity index (χ4n) is 2.40. The van der Waals surface area contributed by atoms with E-state index in [1.165, 1.54) is 11.1 Å². The number of nitrogens with one attached hydrogen (secondary N) is 1. The van der Waals surface area contributed by atoms with Gasteiger partial charge in [-0.05, 0) is 23.3 Å². The highest BCUT2D eigenvalue weighted by Crippen LogP contribution is 2.30. The number of aromatic amines is 1. The molecular weight excluding hydrogens is 266 g/mol. The van der Waals surface area contributed by atoms with E-state index >= 15 is 0 Å². The zero-order chi connectivity index (χ0) is 13.9. The molecule has 100 valence electrons. The third-order valence-electron chi connectivity index (χ3n) is 3.44. The van der Waals surface area contributed by atoms with Crippen LogP contribution in [-0.2, 0) is 7.05 Å². The molecule has 0 radical (unpaired) electrons. The summed E-state index contributed by atoms with van der Waals surface area (Å²) in [6.45, 7) is 0. The summed E-state index contributed by atoms with van der Waals surface area (Å²) in [6.07, 6.45) is 0. The molecule has 1 N–H and O–H groups in total. The molecule has 4 heteroatoms. The van der Waals surface area contributed by atoms with Crippen molar-refractivity contribution in [1.82, 2.24) is 14.8 Å². The Hall–Kier alpha value is -2.20. The molecule has 1 aromatic heterocycles. The molecule has 0 aliphatic carbocycles. The van der Waals surface area contributed by atoms with Gasteiger partial charge in [-0.2, -0.15) is 5.10 Å². The van der Waals surface area contributed by atoms with Gasteiger partial charge in [-0.25, -0.2) is 0 Å². The molecule has 3 rings (SSSR count). The van der Waals surface area contributed by atoms with E-state index < -0.39 is 0 Å². The Labute approximate surface area is 122 Å². The van der Waals surface area contributed by atoms with Crippen LogP contribution >= 0.6 is 12.2 Å². The number of rotatable bonds is 3. The predicted molar refractivity (Wildman–Crippen MR) is 82.2 cm³/mol. The number of benzene rings is 2. The highest BCUT2D eigenvalue weighted by Gasteiger charge is 2.21. The van der Waals surface area contributed by atoms with E-state index in [2.05, 4.69) is 34.5 Å². The van der Waals surface area contributed by atoms with Crippen molar-refractivity contribution < 1.29 is 0 Å². The molecule has 20 heavy (non-hydrogen) atoms. The van der Waals surface area contributed by atoms with E-state index in [4.69, 9.17) is 12.2 Å². The van der Waals surface area contributed by atoms with E-state index in [-0.39, 0.29) is 5.92 Å². The maximum atomic E-state index is 5.24. The minimum absolute atomic E-state index is 0.0790. The number of H-pyrrole nitrogens is 1. The zero-order valence-corrected chi connectivity index (χ0v) is 12.0. The Bertz CT molecular complexity index is 705. The quantitative estimate of drug-likeness (QED) is 0.743. The molecular formula is C16H15N3S. The van der Waals surface area contributed by atoms with Gasteiger partial charge in [0.05, 0.1) is 5.92 Å². The second kappa shape index (κ2) is 5.43. The van der Waals surface area contributed by atoms with Crippen molar-refractivity contribution in [2.45, 2.75) is 5.92 Å². The summed E-state index contributed by atoms with van der Waals surface area (Å²) in [4.78, 5) is 0. The first-order chi connectivity index (χ1) is 9.77. The van der Waals surface area contributed by atoms with Gasteiger partial charge >= 0.3 is 0 Å². The third-order valence-corrected chi connectivity index (χ3v) is 3.80. The average molecular weight is 281 g/mol. The van der Waals surface area contributed by atoms with E-state index in [0.29, 0.717) is 4.77 Å². The molecule has 0 amide bonds. The Morgan fingerprint density at radius 3 is 1.85 bits per heavy atom. The molecule has 0 bridgehead atoms. The number of hydrogen-bond acceptors (Lipinski definition) is 2. The van der Waals surface area contributed by atoms with Gasteiger partial charge in [0.25, 0.3) is 0 Å². The van der Waals surface area contributed by atoms with Crippen LogP contribution in [0.2, 0.25) is 0 Å². The van der Waals surface area contributed by atoms with Crippen LogP contribution in [0, 0.1) is 4.77 Å².